The Hall–Kier alpha value is -3.02. The maximum absolute atomic E-state index is 13.7. The predicted molar refractivity (Wildman–Crippen MR) is 86.9 cm³/mol. The van der Waals surface area contributed by atoms with Crippen LogP contribution in [0, 0.1) is 5.82 Å². The van der Waals surface area contributed by atoms with E-state index in [1.165, 1.54) is 12.1 Å². The van der Waals surface area contributed by atoms with E-state index in [-0.39, 0.29) is 18.5 Å². The van der Waals surface area contributed by atoms with Crippen molar-refractivity contribution < 1.29 is 18.7 Å². The molecular formula is C18H15FN2O3. The maximum Gasteiger partial charge on any atom is 0.267 e. The third kappa shape index (κ3) is 2.67. The Bertz CT molecular complexity index is 920. The van der Waals surface area contributed by atoms with Gasteiger partial charge in [0.05, 0.1) is 0 Å². The summed E-state index contributed by atoms with van der Waals surface area (Å²) in [7, 11) is 0. The van der Waals surface area contributed by atoms with Crippen LogP contribution in [-0.4, -0.2) is 24.2 Å². The van der Waals surface area contributed by atoms with Gasteiger partial charge in [-0.3, -0.25) is 4.79 Å². The average molecular weight is 326 g/mol. The molecular weight excluding hydrogens is 311 g/mol. The van der Waals surface area contributed by atoms with Gasteiger partial charge in [-0.2, -0.15) is 0 Å². The van der Waals surface area contributed by atoms with Crippen LogP contribution in [0.2, 0.25) is 0 Å². The van der Waals surface area contributed by atoms with Crippen LogP contribution in [0.1, 0.15) is 16.1 Å². The van der Waals surface area contributed by atoms with E-state index in [2.05, 4.69) is 10.3 Å². The number of hydrogen-bond acceptors (Lipinski definition) is 3. The maximum atomic E-state index is 13.7. The number of rotatable bonds is 4. The van der Waals surface area contributed by atoms with Gasteiger partial charge in [-0.05, 0) is 42.3 Å². The fraction of sp³-hybridized carbons (Fsp3) is 0.167. The molecule has 24 heavy (non-hydrogen) atoms. The number of H-pyrrole nitrogens is 1. The molecule has 1 amide bonds. The van der Waals surface area contributed by atoms with Crippen molar-refractivity contribution in [2.45, 2.75) is 6.42 Å². The molecule has 2 heterocycles. The van der Waals surface area contributed by atoms with Crippen LogP contribution in [0.15, 0.2) is 42.5 Å². The first-order valence-corrected chi connectivity index (χ1v) is 7.65. The molecule has 0 fully saturated rings. The standard InChI is InChI=1S/C18H15FN2O3/c19-13-2-1-3-14-12(13)9-15(21-14)18(22)20-7-6-11-4-5-16-17(8-11)24-10-23-16/h1-5,8-9,21H,6-7,10H2,(H,20,22). The van der Waals surface area contributed by atoms with E-state index < -0.39 is 0 Å². The number of carbonyl (C=O) groups is 1. The highest BCUT2D eigenvalue weighted by atomic mass is 19.1. The Morgan fingerprint density at radius 2 is 2.04 bits per heavy atom. The number of carbonyl (C=O) groups excluding carboxylic acids is 1. The second-order valence-electron chi connectivity index (χ2n) is 5.58. The Kier molecular flexibility index (Phi) is 3.57. The smallest absolute Gasteiger partial charge is 0.267 e. The quantitative estimate of drug-likeness (QED) is 0.775. The molecule has 122 valence electrons. The molecule has 0 spiro atoms. The third-order valence-electron chi connectivity index (χ3n) is 3.99. The fourth-order valence-electron chi connectivity index (χ4n) is 2.75. The summed E-state index contributed by atoms with van der Waals surface area (Å²) < 4.78 is 24.3. The first-order chi connectivity index (χ1) is 11.7. The van der Waals surface area contributed by atoms with Gasteiger partial charge in [0.1, 0.15) is 11.5 Å². The zero-order valence-corrected chi connectivity index (χ0v) is 12.8. The summed E-state index contributed by atoms with van der Waals surface area (Å²) in [5.74, 6) is 0.863. The molecule has 4 rings (SSSR count). The van der Waals surface area contributed by atoms with Crippen molar-refractivity contribution in [2.24, 2.45) is 0 Å². The molecule has 6 heteroatoms. The Balaban J connectivity index is 1.40. The van der Waals surface area contributed by atoms with Crippen molar-refractivity contribution in [2.75, 3.05) is 13.3 Å². The highest BCUT2D eigenvalue weighted by Crippen LogP contribution is 2.32. The molecule has 0 saturated heterocycles. The molecule has 0 saturated carbocycles. The van der Waals surface area contributed by atoms with Crippen molar-refractivity contribution >= 4 is 16.8 Å². The number of fused-ring (bicyclic) bond motifs is 2. The monoisotopic (exact) mass is 326 g/mol. The molecule has 2 aromatic carbocycles. The van der Waals surface area contributed by atoms with Gasteiger partial charge < -0.3 is 19.8 Å². The van der Waals surface area contributed by atoms with E-state index in [0.29, 0.717) is 29.6 Å². The van der Waals surface area contributed by atoms with Crippen LogP contribution in [0.4, 0.5) is 4.39 Å². The highest BCUT2D eigenvalue weighted by Gasteiger charge is 2.14. The number of aromatic nitrogens is 1. The highest BCUT2D eigenvalue weighted by molar-refractivity contribution is 5.98. The van der Waals surface area contributed by atoms with Crippen LogP contribution in [0.25, 0.3) is 10.9 Å². The van der Waals surface area contributed by atoms with Crippen molar-refractivity contribution in [3.05, 3.63) is 59.5 Å². The lowest BCUT2D eigenvalue weighted by molar-refractivity contribution is 0.0950. The number of halogens is 1. The summed E-state index contributed by atoms with van der Waals surface area (Å²) in [5, 5.41) is 3.25. The van der Waals surface area contributed by atoms with Gasteiger partial charge in [0.25, 0.3) is 5.91 Å². The Morgan fingerprint density at radius 3 is 2.92 bits per heavy atom. The van der Waals surface area contributed by atoms with Gasteiger partial charge in [-0.25, -0.2) is 4.39 Å². The number of hydrogen-bond donors (Lipinski definition) is 2. The van der Waals surface area contributed by atoms with Crippen LogP contribution in [-0.2, 0) is 6.42 Å². The lowest BCUT2D eigenvalue weighted by Crippen LogP contribution is -2.25. The summed E-state index contributed by atoms with van der Waals surface area (Å²) in [6.45, 7) is 0.711. The van der Waals surface area contributed by atoms with Gasteiger partial charge in [0.15, 0.2) is 11.5 Å². The summed E-state index contributed by atoms with van der Waals surface area (Å²) in [6.07, 6.45) is 0.664. The number of nitrogens with one attached hydrogen (secondary N) is 2. The topological polar surface area (TPSA) is 63.4 Å². The largest absolute Gasteiger partial charge is 0.454 e. The molecule has 0 aliphatic carbocycles. The first-order valence-electron chi connectivity index (χ1n) is 7.65. The van der Waals surface area contributed by atoms with Gasteiger partial charge in [0.2, 0.25) is 6.79 Å². The van der Waals surface area contributed by atoms with Crippen LogP contribution in [0.5, 0.6) is 11.5 Å². The van der Waals surface area contributed by atoms with E-state index in [4.69, 9.17) is 9.47 Å². The number of aromatic amines is 1. The molecule has 0 atom stereocenters. The minimum Gasteiger partial charge on any atom is -0.454 e. The molecule has 3 aromatic rings. The van der Waals surface area contributed by atoms with E-state index in [1.54, 1.807) is 12.1 Å². The number of benzene rings is 2. The molecule has 1 aliphatic heterocycles. The van der Waals surface area contributed by atoms with Crippen LogP contribution < -0.4 is 14.8 Å². The van der Waals surface area contributed by atoms with Crippen molar-refractivity contribution in [3.8, 4) is 11.5 Å². The minimum absolute atomic E-state index is 0.243. The number of amides is 1. The molecule has 1 aliphatic rings. The van der Waals surface area contributed by atoms with Gasteiger partial charge in [-0.1, -0.05) is 12.1 Å². The SMILES string of the molecule is O=C(NCCc1ccc2c(c1)OCO2)c1cc2c(F)cccc2[nH]1. The van der Waals surface area contributed by atoms with Crippen molar-refractivity contribution in [1.82, 2.24) is 10.3 Å². The van der Waals surface area contributed by atoms with E-state index in [9.17, 15) is 9.18 Å². The molecule has 0 unspecified atom stereocenters. The van der Waals surface area contributed by atoms with Gasteiger partial charge in [-0.15, -0.1) is 0 Å². The van der Waals surface area contributed by atoms with Gasteiger partial charge in [0, 0.05) is 17.4 Å². The average Bonchev–Trinajstić information content (AvgIpc) is 3.21. The molecule has 1 aromatic heterocycles. The lowest BCUT2D eigenvalue weighted by atomic mass is 10.1. The van der Waals surface area contributed by atoms with Crippen molar-refractivity contribution in [3.63, 3.8) is 0 Å². The van der Waals surface area contributed by atoms with E-state index >= 15 is 0 Å². The second kappa shape index (κ2) is 5.88. The number of ether oxygens (including phenoxy) is 2. The third-order valence-corrected chi connectivity index (χ3v) is 3.99. The van der Waals surface area contributed by atoms with Crippen molar-refractivity contribution in [1.29, 1.82) is 0 Å². The Labute approximate surface area is 137 Å². The summed E-state index contributed by atoms with van der Waals surface area (Å²) >= 11 is 0. The minimum atomic E-state index is -0.344. The van der Waals surface area contributed by atoms with E-state index in [1.807, 2.05) is 18.2 Å². The molecule has 0 bridgehead atoms. The zero-order valence-electron chi connectivity index (χ0n) is 12.8. The first kappa shape index (κ1) is 14.6. The molecule has 2 N–H and O–H groups in total. The lowest BCUT2D eigenvalue weighted by Gasteiger charge is -2.05. The van der Waals surface area contributed by atoms with Crippen LogP contribution in [0.3, 0.4) is 0 Å². The predicted octanol–water partition coefficient (Wildman–Crippen LogP) is 3.01. The Morgan fingerprint density at radius 1 is 1.17 bits per heavy atom. The molecule has 5 nitrogen and oxygen atoms in total. The summed E-state index contributed by atoms with van der Waals surface area (Å²) in [5.41, 5.74) is 2.00. The fourth-order valence-corrected chi connectivity index (χ4v) is 2.75. The normalized spacial score (nSPS) is 12.5. The molecule has 0 radical (unpaired) electrons. The van der Waals surface area contributed by atoms with Gasteiger partial charge >= 0.3 is 0 Å². The van der Waals surface area contributed by atoms with E-state index in [0.717, 1.165) is 17.1 Å². The summed E-state index contributed by atoms with van der Waals surface area (Å²) in [4.78, 5) is 15.1. The second-order valence-corrected chi connectivity index (χ2v) is 5.58. The zero-order chi connectivity index (χ0) is 16.5. The summed E-state index contributed by atoms with van der Waals surface area (Å²) in [6, 6.07) is 12.0. The van der Waals surface area contributed by atoms with Crippen LogP contribution >= 0.6 is 0 Å².